The zero-order valence-electron chi connectivity index (χ0n) is 10.5. The minimum absolute atomic E-state index is 0.0288. The Bertz CT molecular complexity index is 604. The molecule has 0 saturated heterocycles. The van der Waals surface area contributed by atoms with Gasteiger partial charge in [0.05, 0.1) is 4.92 Å². The number of hydrogen-bond donors (Lipinski definition) is 1. The predicted molar refractivity (Wildman–Crippen MR) is 71.1 cm³/mol. The maximum Gasteiger partial charge on any atom is 0.295 e. The topological polar surface area (TPSA) is 81.2 Å². The van der Waals surface area contributed by atoms with Gasteiger partial charge in [-0.15, -0.1) is 0 Å². The zero-order chi connectivity index (χ0) is 13.2. The van der Waals surface area contributed by atoms with Crippen molar-refractivity contribution in [1.82, 2.24) is 4.98 Å². The fourth-order valence-corrected chi connectivity index (χ4v) is 2.10. The van der Waals surface area contributed by atoms with Gasteiger partial charge in [0.1, 0.15) is 5.52 Å². The summed E-state index contributed by atoms with van der Waals surface area (Å²) < 4.78 is 5.48. The molecule has 6 heteroatoms. The average Bonchev–Trinajstić information content (AvgIpc) is 3.12. The summed E-state index contributed by atoms with van der Waals surface area (Å²) in [4.78, 5) is 14.4. The molecule has 1 aromatic heterocycles. The van der Waals surface area contributed by atoms with E-state index in [2.05, 4.69) is 10.3 Å². The molecule has 0 bridgehead atoms. The molecule has 0 amide bonds. The van der Waals surface area contributed by atoms with Crippen LogP contribution in [0.1, 0.15) is 25.7 Å². The maximum atomic E-state index is 10.7. The Morgan fingerprint density at radius 1 is 1.47 bits per heavy atom. The first kappa shape index (κ1) is 12.0. The zero-order valence-corrected chi connectivity index (χ0v) is 10.5. The molecule has 6 nitrogen and oxygen atoms in total. The van der Waals surface area contributed by atoms with Gasteiger partial charge in [0, 0.05) is 18.7 Å². The van der Waals surface area contributed by atoms with Crippen LogP contribution in [0.3, 0.4) is 0 Å². The van der Waals surface area contributed by atoms with E-state index in [1.54, 1.807) is 6.07 Å². The number of anilines is 1. The van der Waals surface area contributed by atoms with Crippen molar-refractivity contribution >= 4 is 22.8 Å². The summed E-state index contributed by atoms with van der Waals surface area (Å²) in [6.07, 6.45) is 5.08. The summed E-state index contributed by atoms with van der Waals surface area (Å²) in [5.74, 6) is 0.924. The summed E-state index contributed by atoms with van der Waals surface area (Å²) in [5, 5.41) is 13.8. The monoisotopic (exact) mass is 261 g/mol. The Morgan fingerprint density at radius 2 is 2.32 bits per heavy atom. The molecule has 1 fully saturated rings. The first-order valence-corrected chi connectivity index (χ1v) is 6.51. The molecule has 1 N–H and O–H groups in total. The Labute approximate surface area is 110 Å². The third kappa shape index (κ3) is 2.83. The number of nitrogens with zero attached hydrogens (tertiary/aromatic N) is 2. The van der Waals surface area contributed by atoms with Crippen LogP contribution in [-0.4, -0.2) is 16.5 Å². The van der Waals surface area contributed by atoms with Crippen LogP contribution >= 0.6 is 0 Å². The van der Waals surface area contributed by atoms with Gasteiger partial charge in [-0.05, 0) is 24.8 Å². The Kier molecular flexibility index (Phi) is 3.06. The summed E-state index contributed by atoms with van der Waals surface area (Å²) in [6.45, 7) is 0.825. The standard InChI is InChI=1S/C13H15N3O3/c17-16(18)10-5-6-12-11(8-10)15-13(19-12)14-7-1-2-9-3-4-9/h5-6,8-9H,1-4,7H2,(H,14,15). The molecule has 0 atom stereocenters. The number of nitro groups is 1. The summed E-state index contributed by atoms with van der Waals surface area (Å²) in [5.41, 5.74) is 1.11. The van der Waals surface area contributed by atoms with E-state index in [1.165, 1.54) is 31.4 Å². The van der Waals surface area contributed by atoms with Gasteiger partial charge >= 0.3 is 0 Å². The number of aromatic nitrogens is 1. The lowest BCUT2D eigenvalue weighted by Crippen LogP contribution is -2.01. The van der Waals surface area contributed by atoms with E-state index in [0.717, 1.165) is 18.9 Å². The summed E-state index contributed by atoms with van der Waals surface area (Å²) in [6, 6.07) is 4.86. The summed E-state index contributed by atoms with van der Waals surface area (Å²) in [7, 11) is 0. The third-order valence-corrected chi connectivity index (χ3v) is 3.34. The van der Waals surface area contributed by atoms with Crippen molar-refractivity contribution in [3.05, 3.63) is 28.3 Å². The van der Waals surface area contributed by atoms with Crippen LogP contribution < -0.4 is 5.32 Å². The van der Waals surface area contributed by atoms with Gasteiger partial charge in [-0.2, -0.15) is 4.98 Å². The van der Waals surface area contributed by atoms with E-state index in [1.807, 2.05) is 0 Å². The van der Waals surface area contributed by atoms with Gasteiger partial charge < -0.3 is 9.73 Å². The average molecular weight is 261 g/mol. The Hall–Kier alpha value is -2.11. The first-order chi connectivity index (χ1) is 9.22. The highest BCUT2D eigenvalue weighted by molar-refractivity contribution is 5.77. The minimum atomic E-state index is -0.434. The van der Waals surface area contributed by atoms with E-state index in [4.69, 9.17) is 4.42 Å². The highest BCUT2D eigenvalue weighted by atomic mass is 16.6. The van der Waals surface area contributed by atoms with E-state index in [0.29, 0.717) is 17.1 Å². The molecule has 0 radical (unpaired) electrons. The largest absolute Gasteiger partial charge is 0.424 e. The smallest absolute Gasteiger partial charge is 0.295 e. The lowest BCUT2D eigenvalue weighted by Gasteiger charge is -1.99. The van der Waals surface area contributed by atoms with Crippen LogP contribution in [0.15, 0.2) is 22.6 Å². The van der Waals surface area contributed by atoms with Crippen LogP contribution in [0.2, 0.25) is 0 Å². The number of non-ortho nitro benzene ring substituents is 1. The number of nitrogens with one attached hydrogen (secondary N) is 1. The van der Waals surface area contributed by atoms with Gasteiger partial charge in [-0.3, -0.25) is 10.1 Å². The second-order valence-corrected chi connectivity index (χ2v) is 4.94. The quantitative estimate of drug-likeness (QED) is 0.490. The third-order valence-electron chi connectivity index (χ3n) is 3.34. The number of fused-ring (bicyclic) bond motifs is 1. The minimum Gasteiger partial charge on any atom is -0.424 e. The van der Waals surface area contributed by atoms with Crippen molar-refractivity contribution in [2.24, 2.45) is 5.92 Å². The van der Waals surface area contributed by atoms with E-state index < -0.39 is 4.92 Å². The number of benzene rings is 1. The Morgan fingerprint density at radius 3 is 3.05 bits per heavy atom. The van der Waals surface area contributed by atoms with Crippen molar-refractivity contribution in [3.8, 4) is 0 Å². The molecular weight excluding hydrogens is 246 g/mol. The van der Waals surface area contributed by atoms with Gasteiger partial charge in [0.25, 0.3) is 11.7 Å². The summed E-state index contributed by atoms with van der Waals surface area (Å²) >= 11 is 0. The predicted octanol–water partition coefficient (Wildman–Crippen LogP) is 3.34. The molecule has 3 rings (SSSR count). The van der Waals surface area contributed by atoms with Crippen molar-refractivity contribution in [1.29, 1.82) is 0 Å². The molecule has 0 aliphatic heterocycles. The van der Waals surface area contributed by atoms with E-state index in [9.17, 15) is 10.1 Å². The Balaban J connectivity index is 1.64. The van der Waals surface area contributed by atoms with Crippen molar-refractivity contribution in [2.45, 2.75) is 25.7 Å². The highest BCUT2D eigenvalue weighted by Gasteiger charge is 2.20. The second kappa shape index (κ2) is 4.87. The van der Waals surface area contributed by atoms with Crippen molar-refractivity contribution < 1.29 is 9.34 Å². The molecule has 19 heavy (non-hydrogen) atoms. The normalized spacial score (nSPS) is 14.7. The molecule has 100 valence electrons. The SMILES string of the molecule is O=[N+]([O-])c1ccc2oc(NCCCC3CC3)nc2c1. The van der Waals surface area contributed by atoms with Gasteiger partial charge in [-0.25, -0.2) is 0 Å². The van der Waals surface area contributed by atoms with Crippen LogP contribution in [0.4, 0.5) is 11.7 Å². The van der Waals surface area contributed by atoms with Gasteiger partial charge in [-0.1, -0.05) is 12.8 Å². The molecule has 1 heterocycles. The van der Waals surface area contributed by atoms with Crippen molar-refractivity contribution in [2.75, 3.05) is 11.9 Å². The number of rotatable bonds is 6. The first-order valence-electron chi connectivity index (χ1n) is 6.51. The molecule has 1 aliphatic rings. The molecule has 1 aromatic carbocycles. The van der Waals surface area contributed by atoms with Crippen LogP contribution in [0, 0.1) is 16.0 Å². The van der Waals surface area contributed by atoms with Crippen LogP contribution in [0.25, 0.3) is 11.1 Å². The van der Waals surface area contributed by atoms with Crippen molar-refractivity contribution in [3.63, 3.8) is 0 Å². The fourth-order valence-electron chi connectivity index (χ4n) is 2.10. The molecule has 1 saturated carbocycles. The lowest BCUT2D eigenvalue weighted by molar-refractivity contribution is -0.384. The molecule has 2 aromatic rings. The lowest BCUT2D eigenvalue weighted by atomic mass is 10.2. The number of hydrogen-bond acceptors (Lipinski definition) is 5. The maximum absolute atomic E-state index is 10.7. The number of oxazole rings is 1. The molecule has 0 unspecified atom stereocenters. The molecular formula is C13H15N3O3. The fraction of sp³-hybridized carbons (Fsp3) is 0.462. The second-order valence-electron chi connectivity index (χ2n) is 4.94. The van der Waals surface area contributed by atoms with Crippen LogP contribution in [0.5, 0.6) is 0 Å². The van der Waals surface area contributed by atoms with Crippen LogP contribution in [-0.2, 0) is 0 Å². The van der Waals surface area contributed by atoms with Gasteiger partial charge in [0.15, 0.2) is 5.58 Å². The number of nitro benzene ring substituents is 1. The molecule has 0 spiro atoms. The van der Waals surface area contributed by atoms with E-state index >= 15 is 0 Å². The van der Waals surface area contributed by atoms with Gasteiger partial charge in [0.2, 0.25) is 0 Å². The highest BCUT2D eigenvalue weighted by Crippen LogP contribution is 2.33. The van der Waals surface area contributed by atoms with E-state index in [-0.39, 0.29) is 5.69 Å². The molecule has 1 aliphatic carbocycles.